The second-order valence-electron chi connectivity index (χ2n) is 7.44. The first-order valence-electron chi connectivity index (χ1n) is 10.3. The van der Waals surface area contributed by atoms with Crippen LogP contribution in [-0.2, 0) is 20.4 Å². The highest BCUT2D eigenvalue weighted by molar-refractivity contribution is 7.90. The van der Waals surface area contributed by atoms with Crippen LogP contribution in [0.4, 0.5) is 0 Å². The highest BCUT2D eigenvalue weighted by Gasteiger charge is 2.26. The number of benzene rings is 2. The van der Waals surface area contributed by atoms with Gasteiger partial charge in [-0.2, -0.15) is 0 Å². The van der Waals surface area contributed by atoms with Crippen molar-refractivity contribution in [1.82, 2.24) is 10.3 Å². The molecule has 1 atom stereocenters. The van der Waals surface area contributed by atoms with E-state index >= 15 is 0 Å². The largest absolute Gasteiger partial charge is 0.434 e. The van der Waals surface area contributed by atoms with Crippen molar-refractivity contribution in [2.24, 2.45) is 0 Å². The first-order chi connectivity index (χ1) is 14.9. The first-order valence-corrected chi connectivity index (χ1v) is 12.1. The standard InChI is InChI=1S/C23H26N2O5S/c1-2-3-11-19(22(27)23-25-18-12-7-8-13-20(18)30-23)24-21(26)14-15-31(28,29)16-17-9-5-4-6-10-17/h4-10,12-13,19H,2-3,11,14-16H2,1H3,(H,24,26)/t19-/m0/s1. The van der Waals surface area contributed by atoms with E-state index in [9.17, 15) is 18.0 Å². The Hall–Kier alpha value is -3.00. The molecule has 7 nitrogen and oxygen atoms in total. The second-order valence-corrected chi connectivity index (χ2v) is 9.63. The lowest BCUT2D eigenvalue weighted by Crippen LogP contribution is -2.41. The number of amides is 1. The van der Waals surface area contributed by atoms with E-state index < -0.39 is 27.6 Å². The molecule has 0 fully saturated rings. The Labute approximate surface area is 181 Å². The molecule has 164 valence electrons. The number of carbonyl (C=O) groups is 2. The van der Waals surface area contributed by atoms with Crippen molar-refractivity contribution < 1.29 is 22.4 Å². The Morgan fingerprint density at radius 2 is 1.77 bits per heavy atom. The molecular formula is C23H26N2O5S. The molecule has 0 unspecified atom stereocenters. The number of hydrogen-bond acceptors (Lipinski definition) is 6. The van der Waals surface area contributed by atoms with Crippen LogP contribution in [0.2, 0.25) is 0 Å². The highest BCUT2D eigenvalue weighted by Crippen LogP contribution is 2.17. The van der Waals surface area contributed by atoms with E-state index in [1.54, 1.807) is 48.5 Å². The van der Waals surface area contributed by atoms with Gasteiger partial charge in [-0.3, -0.25) is 9.59 Å². The number of aromatic nitrogens is 1. The Morgan fingerprint density at radius 3 is 2.48 bits per heavy atom. The quantitative estimate of drug-likeness (QED) is 0.454. The normalized spacial score (nSPS) is 12.5. The van der Waals surface area contributed by atoms with Gasteiger partial charge in [-0.05, 0) is 24.1 Å². The molecular weight excluding hydrogens is 416 g/mol. The minimum atomic E-state index is -3.45. The third kappa shape index (κ3) is 6.49. The van der Waals surface area contributed by atoms with Gasteiger partial charge >= 0.3 is 0 Å². The number of carbonyl (C=O) groups excluding carboxylic acids is 2. The van der Waals surface area contributed by atoms with Crippen molar-refractivity contribution >= 4 is 32.6 Å². The number of sulfone groups is 1. The first kappa shape index (κ1) is 22.7. The number of nitrogens with one attached hydrogen (secondary N) is 1. The molecule has 3 aromatic rings. The number of para-hydroxylation sites is 2. The van der Waals surface area contributed by atoms with Gasteiger partial charge in [-0.25, -0.2) is 13.4 Å². The summed E-state index contributed by atoms with van der Waals surface area (Å²) in [6.07, 6.45) is 1.79. The van der Waals surface area contributed by atoms with Gasteiger partial charge in [0.2, 0.25) is 11.7 Å². The summed E-state index contributed by atoms with van der Waals surface area (Å²) in [5.74, 6) is -1.36. The number of nitrogens with zero attached hydrogens (tertiary/aromatic N) is 1. The van der Waals surface area contributed by atoms with Crippen LogP contribution >= 0.6 is 0 Å². The van der Waals surface area contributed by atoms with Gasteiger partial charge in [0, 0.05) is 6.42 Å². The predicted molar refractivity (Wildman–Crippen MR) is 118 cm³/mol. The summed E-state index contributed by atoms with van der Waals surface area (Å²) in [4.78, 5) is 29.6. The summed E-state index contributed by atoms with van der Waals surface area (Å²) in [7, 11) is -3.45. The number of unbranched alkanes of at least 4 members (excludes halogenated alkanes) is 1. The fourth-order valence-corrected chi connectivity index (χ4v) is 4.56. The van der Waals surface area contributed by atoms with Crippen LogP contribution in [0, 0.1) is 0 Å². The third-order valence-corrected chi connectivity index (χ3v) is 6.47. The molecule has 1 heterocycles. The topological polar surface area (TPSA) is 106 Å². The Bertz CT molecular complexity index is 1110. The van der Waals surface area contributed by atoms with E-state index in [1.807, 2.05) is 13.0 Å². The zero-order valence-corrected chi connectivity index (χ0v) is 18.2. The van der Waals surface area contributed by atoms with Crippen LogP contribution in [0.3, 0.4) is 0 Å². The average Bonchev–Trinajstić information content (AvgIpc) is 3.19. The Balaban J connectivity index is 1.63. The van der Waals surface area contributed by atoms with Crippen LogP contribution in [-0.4, -0.2) is 36.9 Å². The Morgan fingerprint density at radius 1 is 1.06 bits per heavy atom. The molecule has 1 N–H and O–H groups in total. The molecule has 0 aliphatic heterocycles. The summed E-state index contributed by atoms with van der Waals surface area (Å²) in [5.41, 5.74) is 1.74. The minimum absolute atomic E-state index is 0.0562. The average molecular weight is 443 g/mol. The number of fused-ring (bicyclic) bond motifs is 1. The number of oxazole rings is 1. The van der Waals surface area contributed by atoms with Gasteiger partial charge in [0.1, 0.15) is 5.52 Å². The molecule has 0 aliphatic carbocycles. The molecule has 31 heavy (non-hydrogen) atoms. The third-order valence-electron chi connectivity index (χ3n) is 4.87. The maximum Gasteiger partial charge on any atom is 0.266 e. The summed E-state index contributed by atoms with van der Waals surface area (Å²) in [5, 5.41) is 2.68. The molecule has 1 aromatic heterocycles. The number of ketones is 1. The fraction of sp³-hybridized carbons (Fsp3) is 0.348. The van der Waals surface area contributed by atoms with Crippen LogP contribution in [0.25, 0.3) is 11.1 Å². The lowest BCUT2D eigenvalue weighted by molar-refractivity contribution is -0.121. The van der Waals surface area contributed by atoms with Gasteiger partial charge in [-0.1, -0.05) is 62.2 Å². The summed E-state index contributed by atoms with van der Waals surface area (Å²) in [6.45, 7) is 1.99. The van der Waals surface area contributed by atoms with Gasteiger partial charge in [-0.15, -0.1) is 0 Å². The van der Waals surface area contributed by atoms with Crippen molar-refractivity contribution in [2.45, 2.75) is 44.4 Å². The maximum atomic E-state index is 12.9. The zero-order valence-electron chi connectivity index (χ0n) is 17.4. The van der Waals surface area contributed by atoms with E-state index in [0.717, 1.165) is 12.8 Å². The number of hydrogen-bond donors (Lipinski definition) is 1. The van der Waals surface area contributed by atoms with Gasteiger partial charge in [0.25, 0.3) is 5.89 Å². The zero-order chi connectivity index (χ0) is 22.3. The molecule has 3 rings (SSSR count). The van der Waals surface area contributed by atoms with Crippen LogP contribution in [0.1, 0.15) is 48.9 Å². The van der Waals surface area contributed by atoms with Crippen molar-refractivity contribution in [3.63, 3.8) is 0 Å². The minimum Gasteiger partial charge on any atom is -0.434 e. The predicted octanol–water partition coefficient (Wildman–Crippen LogP) is 3.69. The lowest BCUT2D eigenvalue weighted by Gasteiger charge is -2.16. The van der Waals surface area contributed by atoms with E-state index in [1.165, 1.54) is 0 Å². The van der Waals surface area contributed by atoms with E-state index in [4.69, 9.17) is 4.42 Å². The summed E-state index contributed by atoms with van der Waals surface area (Å²) < 4.78 is 30.2. The van der Waals surface area contributed by atoms with Crippen LogP contribution in [0.15, 0.2) is 59.0 Å². The van der Waals surface area contributed by atoms with Crippen molar-refractivity contribution in [3.8, 4) is 0 Å². The molecule has 2 aromatic carbocycles. The van der Waals surface area contributed by atoms with Gasteiger partial charge < -0.3 is 9.73 Å². The van der Waals surface area contributed by atoms with Crippen molar-refractivity contribution in [1.29, 1.82) is 0 Å². The van der Waals surface area contributed by atoms with Gasteiger partial charge in [0.05, 0.1) is 17.5 Å². The van der Waals surface area contributed by atoms with Crippen molar-refractivity contribution in [2.75, 3.05) is 5.75 Å². The molecule has 1 amide bonds. The maximum absolute atomic E-state index is 12.9. The molecule has 0 radical (unpaired) electrons. The van der Waals surface area contributed by atoms with E-state index in [0.29, 0.717) is 23.1 Å². The smallest absolute Gasteiger partial charge is 0.266 e. The molecule has 8 heteroatoms. The number of rotatable bonds is 11. The SMILES string of the molecule is CCCC[C@H](NC(=O)CCS(=O)(=O)Cc1ccccc1)C(=O)c1nc2ccccc2o1. The summed E-state index contributed by atoms with van der Waals surface area (Å²) >= 11 is 0. The molecule has 0 saturated carbocycles. The van der Waals surface area contributed by atoms with E-state index in [2.05, 4.69) is 10.3 Å². The molecule has 0 bridgehead atoms. The fourth-order valence-electron chi connectivity index (χ4n) is 3.22. The van der Waals surface area contributed by atoms with Crippen LogP contribution < -0.4 is 5.32 Å². The monoisotopic (exact) mass is 442 g/mol. The van der Waals surface area contributed by atoms with Crippen LogP contribution in [0.5, 0.6) is 0 Å². The van der Waals surface area contributed by atoms with Crippen molar-refractivity contribution in [3.05, 3.63) is 66.1 Å². The Kier molecular flexibility index (Phi) is 7.57. The highest BCUT2D eigenvalue weighted by atomic mass is 32.2. The molecule has 0 aliphatic rings. The van der Waals surface area contributed by atoms with E-state index in [-0.39, 0.29) is 23.8 Å². The molecule has 0 saturated heterocycles. The molecule has 0 spiro atoms. The lowest BCUT2D eigenvalue weighted by atomic mass is 10.1. The van der Waals surface area contributed by atoms with Gasteiger partial charge in [0.15, 0.2) is 15.4 Å². The summed E-state index contributed by atoms with van der Waals surface area (Å²) in [6, 6.07) is 15.1. The number of Topliss-reactive ketones (excluding diaryl/α,β-unsaturated/α-hetero) is 1. The second kappa shape index (κ2) is 10.3.